The molecule has 164 valence electrons. The van der Waals surface area contributed by atoms with Gasteiger partial charge in [-0.05, 0) is 61.4 Å². The number of benzene rings is 3. The number of ether oxygens (including phenoxy) is 1. The van der Waals surface area contributed by atoms with Gasteiger partial charge in [0.15, 0.2) is 0 Å². The fourth-order valence-corrected chi connectivity index (χ4v) is 3.95. The molecule has 1 amide bonds. The fraction of sp³-hybridized carbons (Fsp3) is 0.231. The van der Waals surface area contributed by atoms with Crippen LogP contribution in [-0.4, -0.2) is 28.6 Å². The van der Waals surface area contributed by atoms with Gasteiger partial charge in [0.25, 0.3) is 5.91 Å². The molecule has 3 aromatic carbocycles. The van der Waals surface area contributed by atoms with Gasteiger partial charge in [-0.2, -0.15) is 0 Å². The molecule has 0 atom stereocenters. The first-order valence-electron chi connectivity index (χ1n) is 10.8. The Bertz CT molecular complexity index is 1200. The van der Waals surface area contributed by atoms with Crippen molar-refractivity contribution < 1.29 is 9.53 Å². The summed E-state index contributed by atoms with van der Waals surface area (Å²) in [5, 5.41) is 3.00. The van der Waals surface area contributed by atoms with Gasteiger partial charge in [-0.1, -0.05) is 46.3 Å². The molecule has 0 spiro atoms. The molecule has 1 N–H and O–H groups in total. The molecular weight excluding hydrogens is 466 g/mol. The third-order valence-corrected chi connectivity index (χ3v) is 5.90. The van der Waals surface area contributed by atoms with Gasteiger partial charge in [-0.15, -0.1) is 0 Å². The minimum absolute atomic E-state index is 0.0577. The van der Waals surface area contributed by atoms with Crippen LogP contribution >= 0.6 is 15.9 Å². The number of hydrogen-bond donors (Lipinski definition) is 1. The number of aryl methyl sites for hydroxylation is 2. The summed E-state index contributed by atoms with van der Waals surface area (Å²) >= 11 is 3.39. The summed E-state index contributed by atoms with van der Waals surface area (Å²) in [5.74, 6) is 1.87. The quantitative estimate of drug-likeness (QED) is 0.312. The Morgan fingerprint density at radius 2 is 1.78 bits per heavy atom. The highest BCUT2D eigenvalue weighted by Crippen LogP contribution is 2.19. The minimum Gasteiger partial charge on any atom is -0.491 e. The molecule has 0 radical (unpaired) electrons. The Balaban J connectivity index is 1.37. The molecule has 0 aliphatic carbocycles. The molecule has 0 bridgehead atoms. The van der Waals surface area contributed by atoms with Gasteiger partial charge in [0.05, 0.1) is 17.6 Å². The zero-order chi connectivity index (χ0) is 22.3. The van der Waals surface area contributed by atoms with E-state index in [9.17, 15) is 4.79 Å². The predicted molar refractivity (Wildman–Crippen MR) is 131 cm³/mol. The lowest BCUT2D eigenvalue weighted by molar-refractivity contribution is 0.0953. The van der Waals surface area contributed by atoms with Gasteiger partial charge >= 0.3 is 0 Å². The van der Waals surface area contributed by atoms with Gasteiger partial charge < -0.3 is 14.6 Å². The molecule has 4 aromatic rings. The van der Waals surface area contributed by atoms with E-state index in [0.29, 0.717) is 18.7 Å². The monoisotopic (exact) mass is 491 g/mol. The second-order valence-electron chi connectivity index (χ2n) is 7.65. The smallest absolute Gasteiger partial charge is 0.251 e. The number of imidazole rings is 1. The molecule has 1 aromatic heterocycles. The number of nitrogens with zero attached hydrogens (tertiary/aromatic N) is 2. The first-order valence-corrected chi connectivity index (χ1v) is 11.6. The lowest BCUT2D eigenvalue weighted by atomic mass is 10.2. The standard InChI is InChI=1S/C26H26BrN3O2/c1-19-7-2-5-10-24(19)32-18-17-30-23-9-4-3-8-22(23)29-25(30)11-6-16-28-26(31)20-12-14-21(27)15-13-20/h2-5,7-10,12-15H,6,11,16-18H2,1H3,(H,28,31). The summed E-state index contributed by atoms with van der Waals surface area (Å²) in [6.45, 7) is 3.93. The van der Waals surface area contributed by atoms with E-state index in [2.05, 4.69) is 44.9 Å². The molecular formula is C26H26BrN3O2. The Morgan fingerprint density at radius 3 is 2.59 bits per heavy atom. The molecule has 0 aliphatic rings. The summed E-state index contributed by atoms with van der Waals surface area (Å²) in [7, 11) is 0. The number of rotatable bonds is 9. The maximum atomic E-state index is 12.3. The number of hydrogen-bond acceptors (Lipinski definition) is 3. The topological polar surface area (TPSA) is 56.1 Å². The number of carbonyl (C=O) groups is 1. The second kappa shape index (κ2) is 10.5. The molecule has 5 nitrogen and oxygen atoms in total. The van der Waals surface area contributed by atoms with Crippen molar-refractivity contribution >= 4 is 32.9 Å². The van der Waals surface area contributed by atoms with E-state index in [1.165, 1.54) is 0 Å². The summed E-state index contributed by atoms with van der Waals surface area (Å²) in [5.41, 5.74) is 3.88. The Hall–Kier alpha value is -3.12. The molecule has 0 fully saturated rings. The summed E-state index contributed by atoms with van der Waals surface area (Å²) in [6.07, 6.45) is 1.59. The van der Waals surface area contributed by atoms with E-state index in [0.717, 1.165) is 52.0 Å². The van der Waals surface area contributed by atoms with Crippen LogP contribution in [0.25, 0.3) is 11.0 Å². The van der Waals surface area contributed by atoms with Crippen LogP contribution in [0.3, 0.4) is 0 Å². The highest BCUT2D eigenvalue weighted by Gasteiger charge is 2.11. The van der Waals surface area contributed by atoms with Crippen molar-refractivity contribution in [1.29, 1.82) is 0 Å². The van der Waals surface area contributed by atoms with Gasteiger partial charge in [-0.3, -0.25) is 4.79 Å². The van der Waals surface area contributed by atoms with E-state index < -0.39 is 0 Å². The third-order valence-electron chi connectivity index (χ3n) is 5.37. The first-order chi connectivity index (χ1) is 15.6. The molecule has 1 heterocycles. The largest absolute Gasteiger partial charge is 0.491 e. The summed E-state index contributed by atoms with van der Waals surface area (Å²) in [4.78, 5) is 17.1. The number of carbonyl (C=O) groups excluding carboxylic acids is 1. The normalized spacial score (nSPS) is 10.9. The Labute approximate surface area is 196 Å². The van der Waals surface area contributed by atoms with Crippen LogP contribution < -0.4 is 10.1 Å². The van der Waals surface area contributed by atoms with Gasteiger partial charge in [0, 0.05) is 23.0 Å². The van der Waals surface area contributed by atoms with Crippen LogP contribution in [0.1, 0.15) is 28.2 Å². The molecule has 4 rings (SSSR count). The average molecular weight is 492 g/mol. The van der Waals surface area contributed by atoms with Crippen molar-refractivity contribution in [2.75, 3.05) is 13.2 Å². The van der Waals surface area contributed by atoms with Crippen LogP contribution in [0.2, 0.25) is 0 Å². The van der Waals surface area contributed by atoms with E-state index in [1.807, 2.05) is 60.7 Å². The highest BCUT2D eigenvalue weighted by molar-refractivity contribution is 9.10. The maximum Gasteiger partial charge on any atom is 0.251 e. The molecule has 0 aliphatic heterocycles. The zero-order valence-corrected chi connectivity index (χ0v) is 19.6. The zero-order valence-electron chi connectivity index (χ0n) is 18.1. The van der Waals surface area contributed by atoms with E-state index in [1.54, 1.807) is 0 Å². The van der Waals surface area contributed by atoms with Crippen molar-refractivity contribution in [1.82, 2.24) is 14.9 Å². The number of halogens is 1. The molecule has 0 saturated heterocycles. The molecule has 6 heteroatoms. The van der Waals surface area contributed by atoms with E-state index in [-0.39, 0.29) is 5.91 Å². The Morgan fingerprint density at radius 1 is 1.03 bits per heavy atom. The van der Waals surface area contributed by atoms with Crippen LogP contribution in [0.15, 0.2) is 77.3 Å². The third kappa shape index (κ3) is 5.37. The minimum atomic E-state index is -0.0577. The average Bonchev–Trinajstić information content (AvgIpc) is 3.16. The summed E-state index contributed by atoms with van der Waals surface area (Å²) < 4.78 is 9.20. The van der Waals surface area contributed by atoms with Crippen molar-refractivity contribution in [3.8, 4) is 5.75 Å². The van der Waals surface area contributed by atoms with Gasteiger partial charge in [-0.25, -0.2) is 4.98 Å². The molecule has 32 heavy (non-hydrogen) atoms. The number of amides is 1. The first kappa shape index (κ1) is 22.1. The van der Waals surface area contributed by atoms with Crippen LogP contribution in [0.5, 0.6) is 5.75 Å². The summed E-state index contributed by atoms with van der Waals surface area (Å²) in [6, 6.07) is 23.6. The van der Waals surface area contributed by atoms with Crippen molar-refractivity contribution in [3.63, 3.8) is 0 Å². The van der Waals surface area contributed by atoms with E-state index in [4.69, 9.17) is 9.72 Å². The number of fused-ring (bicyclic) bond motifs is 1. The number of para-hydroxylation sites is 3. The molecule has 0 saturated carbocycles. The SMILES string of the molecule is Cc1ccccc1OCCn1c(CCCNC(=O)c2ccc(Br)cc2)nc2ccccc21. The second-order valence-corrected chi connectivity index (χ2v) is 8.56. The van der Waals surface area contributed by atoms with Crippen molar-refractivity contribution in [3.05, 3.63) is 94.2 Å². The van der Waals surface area contributed by atoms with Gasteiger partial charge in [0.1, 0.15) is 18.2 Å². The van der Waals surface area contributed by atoms with E-state index >= 15 is 0 Å². The van der Waals surface area contributed by atoms with Crippen LogP contribution in [0, 0.1) is 6.92 Å². The highest BCUT2D eigenvalue weighted by atomic mass is 79.9. The lowest BCUT2D eigenvalue weighted by Gasteiger charge is -2.12. The van der Waals surface area contributed by atoms with Crippen LogP contribution in [-0.2, 0) is 13.0 Å². The fourth-order valence-electron chi connectivity index (χ4n) is 3.68. The van der Waals surface area contributed by atoms with Gasteiger partial charge in [0.2, 0.25) is 0 Å². The molecule has 0 unspecified atom stereocenters. The number of aromatic nitrogens is 2. The Kier molecular flexibility index (Phi) is 7.22. The van der Waals surface area contributed by atoms with Crippen molar-refractivity contribution in [2.24, 2.45) is 0 Å². The van der Waals surface area contributed by atoms with Crippen LogP contribution in [0.4, 0.5) is 0 Å². The predicted octanol–water partition coefficient (Wildman–Crippen LogP) is 5.55. The lowest BCUT2D eigenvalue weighted by Crippen LogP contribution is -2.25. The number of nitrogens with one attached hydrogen (secondary N) is 1. The van der Waals surface area contributed by atoms with Crippen molar-refractivity contribution in [2.45, 2.75) is 26.3 Å². The maximum absolute atomic E-state index is 12.3.